The first-order valence-electron chi connectivity index (χ1n) is 6.69. The molecule has 0 spiro atoms. The van der Waals surface area contributed by atoms with E-state index in [0.29, 0.717) is 13.0 Å². The molecule has 2 aromatic rings. The second-order valence-electron chi connectivity index (χ2n) is 4.47. The van der Waals surface area contributed by atoms with Gasteiger partial charge in [0.1, 0.15) is 0 Å². The molecule has 0 aliphatic rings. The molecule has 110 valence electrons. The van der Waals surface area contributed by atoms with Crippen molar-refractivity contribution in [2.45, 2.75) is 19.9 Å². The predicted octanol–water partition coefficient (Wildman–Crippen LogP) is 1.24. The van der Waals surface area contributed by atoms with Crippen molar-refractivity contribution in [2.75, 3.05) is 12.3 Å². The lowest BCUT2D eigenvalue weighted by atomic mass is 10.2. The normalized spacial score (nSPS) is 10.3. The highest BCUT2D eigenvalue weighted by molar-refractivity contribution is 5.87. The number of rotatable bonds is 5. The lowest BCUT2D eigenvalue weighted by Crippen LogP contribution is -2.26. The molecule has 0 aliphatic heterocycles. The van der Waals surface area contributed by atoms with Crippen LogP contribution in [0.15, 0.2) is 41.3 Å². The number of hydrogen-bond donors (Lipinski definition) is 1. The third-order valence-corrected chi connectivity index (χ3v) is 3.02. The first-order valence-corrected chi connectivity index (χ1v) is 6.69. The van der Waals surface area contributed by atoms with E-state index in [4.69, 9.17) is 10.5 Å². The summed E-state index contributed by atoms with van der Waals surface area (Å²) in [5.74, 6) is -0.783. The zero-order chi connectivity index (χ0) is 15.2. The molecule has 0 unspecified atom stereocenters. The summed E-state index contributed by atoms with van der Waals surface area (Å²) in [6.07, 6.45) is 1.99. The fourth-order valence-corrected chi connectivity index (χ4v) is 1.87. The number of carbonyl (C=O) groups excluding carboxylic acids is 1. The molecule has 1 aromatic carbocycles. The molecule has 0 fully saturated rings. The van der Waals surface area contributed by atoms with E-state index < -0.39 is 11.5 Å². The average Bonchev–Trinajstić information content (AvgIpc) is 2.50. The highest BCUT2D eigenvalue weighted by Gasteiger charge is 2.13. The smallest absolute Gasteiger partial charge is 0.358 e. The molecule has 0 saturated carbocycles. The van der Waals surface area contributed by atoms with E-state index in [1.807, 2.05) is 30.3 Å². The minimum Gasteiger partial charge on any atom is -0.461 e. The van der Waals surface area contributed by atoms with E-state index in [9.17, 15) is 9.59 Å². The van der Waals surface area contributed by atoms with Gasteiger partial charge in [0.25, 0.3) is 5.56 Å². The number of nitrogens with two attached hydrogens (primary N) is 1. The summed E-state index contributed by atoms with van der Waals surface area (Å²) in [5.41, 5.74) is 6.22. The molecule has 0 radical (unpaired) electrons. The number of aromatic nitrogens is 2. The minimum atomic E-state index is -0.583. The molecule has 0 saturated heterocycles. The van der Waals surface area contributed by atoms with Gasteiger partial charge in [-0.1, -0.05) is 30.3 Å². The Kier molecular flexibility index (Phi) is 4.71. The number of carbonyl (C=O) groups is 1. The van der Waals surface area contributed by atoms with Crippen LogP contribution in [0.5, 0.6) is 0 Å². The summed E-state index contributed by atoms with van der Waals surface area (Å²) in [4.78, 5) is 27.3. The topological polar surface area (TPSA) is 87.2 Å². The fourth-order valence-electron chi connectivity index (χ4n) is 1.87. The van der Waals surface area contributed by atoms with Crippen LogP contribution >= 0.6 is 0 Å². The Morgan fingerprint density at radius 2 is 2.05 bits per heavy atom. The van der Waals surface area contributed by atoms with Crippen LogP contribution in [-0.4, -0.2) is 22.1 Å². The summed E-state index contributed by atoms with van der Waals surface area (Å²) >= 11 is 0. The highest BCUT2D eigenvalue weighted by Crippen LogP contribution is 2.03. The van der Waals surface area contributed by atoms with Crippen LogP contribution in [-0.2, 0) is 17.7 Å². The molecule has 0 amide bonds. The second kappa shape index (κ2) is 6.69. The molecule has 1 heterocycles. The van der Waals surface area contributed by atoms with Gasteiger partial charge in [-0.05, 0) is 12.5 Å². The van der Waals surface area contributed by atoms with E-state index in [0.717, 1.165) is 5.56 Å². The van der Waals surface area contributed by atoms with Crippen molar-refractivity contribution in [3.63, 3.8) is 0 Å². The van der Waals surface area contributed by atoms with Gasteiger partial charge in [0.05, 0.1) is 6.61 Å². The first kappa shape index (κ1) is 14.8. The SMILES string of the molecule is CCn1cc(C(=O)OCCc2ccccc2)nc(N)c1=O. The molecule has 6 heteroatoms. The first-order chi connectivity index (χ1) is 10.1. The number of hydrogen-bond acceptors (Lipinski definition) is 5. The van der Waals surface area contributed by atoms with Gasteiger partial charge >= 0.3 is 5.97 Å². The molecule has 1 aromatic heterocycles. The highest BCUT2D eigenvalue weighted by atomic mass is 16.5. The average molecular weight is 287 g/mol. The lowest BCUT2D eigenvalue weighted by molar-refractivity contribution is 0.0501. The number of anilines is 1. The van der Waals surface area contributed by atoms with E-state index in [1.54, 1.807) is 6.92 Å². The van der Waals surface area contributed by atoms with Gasteiger partial charge in [-0.15, -0.1) is 0 Å². The molecule has 6 nitrogen and oxygen atoms in total. The van der Waals surface area contributed by atoms with Crippen molar-refractivity contribution in [2.24, 2.45) is 0 Å². The fraction of sp³-hybridized carbons (Fsp3) is 0.267. The molecule has 0 bridgehead atoms. The maximum absolute atomic E-state index is 11.9. The molecule has 2 N–H and O–H groups in total. The third kappa shape index (κ3) is 3.68. The van der Waals surface area contributed by atoms with Gasteiger partial charge in [-0.25, -0.2) is 9.78 Å². The standard InChI is InChI=1S/C15H17N3O3/c1-2-18-10-12(17-13(16)14(18)19)15(20)21-9-8-11-6-4-3-5-7-11/h3-7,10H,2,8-9H2,1H3,(H2,16,17). The van der Waals surface area contributed by atoms with Crippen molar-refractivity contribution < 1.29 is 9.53 Å². The van der Waals surface area contributed by atoms with Crippen molar-refractivity contribution in [3.8, 4) is 0 Å². The Morgan fingerprint density at radius 3 is 2.71 bits per heavy atom. The number of nitrogens with zero attached hydrogens (tertiary/aromatic N) is 2. The molecule has 2 rings (SSSR count). The minimum absolute atomic E-state index is 0.0435. The van der Waals surface area contributed by atoms with Crippen LogP contribution in [0.1, 0.15) is 23.0 Å². The van der Waals surface area contributed by atoms with E-state index in [2.05, 4.69) is 4.98 Å². The number of nitrogen functional groups attached to an aromatic ring is 1. The Labute approximate surface area is 122 Å². The van der Waals surface area contributed by atoms with Crippen molar-refractivity contribution >= 4 is 11.8 Å². The zero-order valence-electron chi connectivity index (χ0n) is 11.8. The monoisotopic (exact) mass is 287 g/mol. The van der Waals surface area contributed by atoms with Crippen LogP contribution in [0.4, 0.5) is 5.82 Å². The lowest BCUT2D eigenvalue weighted by Gasteiger charge is -2.07. The van der Waals surface area contributed by atoms with Crippen LogP contribution in [0.3, 0.4) is 0 Å². The summed E-state index contributed by atoms with van der Waals surface area (Å²) < 4.78 is 6.48. The second-order valence-corrected chi connectivity index (χ2v) is 4.47. The number of ether oxygens (including phenoxy) is 1. The van der Waals surface area contributed by atoms with Gasteiger partial charge in [0.2, 0.25) is 0 Å². The van der Waals surface area contributed by atoms with Crippen molar-refractivity contribution in [1.82, 2.24) is 9.55 Å². The predicted molar refractivity (Wildman–Crippen MR) is 79.0 cm³/mol. The van der Waals surface area contributed by atoms with Crippen molar-refractivity contribution in [1.29, 1.82) is 0 Å². The summed E-state index contributed by atoms with van der Waals surface area (Å²) in [5, 5.41) is 0. The van der Waals surface area contributed by atoms with Gasteiger partial charge in [0.15, 0.2) is 11.5 Å². The Bertz CT molecular complexity index is 680. The Balaban J connectivity index is 2.01. The number of esters is 1. The molecule has 0 atom stereocenters. The van der Waals surface area contributed by atoms with Crippen molar-refractivity contribution in [3.05, 3.63) is 58.1 Å². The summed E-state index contributed by atoms with van der Waals surface area (Å²) in [6.45, 7) is 2.44. The quantitative estimate of drug-likeness (QED) is 0.836. The summed E-state index contributed by atoms with van der Waals surface area (Å²) in [6, 6.07) is 9.70. The maximum Gasteiger partial charge on any atom is 0.358 e. The molecular formula is C15H17N3O3. The number of benzene rings is 1. The largest absolute Gasteiger partial charge is 0.461 e. The Hall–Kier alpha value is -2.63. The van der Waals surface area contributed by atoms with Gasteiger partial charge in [0, 0.05) is 19.2 Å². The van der Waals surface area contributed by atoms with E-state index in [-0.39, 0.29) is 18.1 Å². The van der Waals surface area contributed by atoms with Gasteiger partial charge in [-0.2, -0.15) is 0 Å². The zero-order valence-corrected chi connectivity index (χ0v) is 11.8. The van der Waals surface area contributed by atoms with Crippen LogP contribution in [0, 0.1) is 0 Å². The molecule has 0 aliphatic carbocycles. The Morgan fingerprint density at radius 1 is 1.33 bits per heavy atom. The van der Waals surface area contributed by atoms with E-state index in [1.165, 1.54) is 10.8 Å². The maximum atomic E-state index is 11.9. The molecule has 21 heavy (non-hydrogen) atoms. The third-order valence-electron chi connectivity index (χ3n) is 3.02. The van der Waals surface area contributed by atoms with Crippen LogP contribution < -0.4 is 11.3 Å². The van der Waals surface area contributed by atoms with Crippen LogP contribution in [0.2, 0.25) is 0 Å². The number of aryl methyl sites for hydroxylation is 1. The summed E-state index contributed by atoms with van der Waals surface area (Å²) in [7, 11) is 0. The van der Waals surface area contributed by atoms with E-state index >= 15 is 0 Å². The van der Waals surface area contributed by atoms with Crippen LogP contribution in [0.25, 0.3) is 0 Å². The van der Waals surface area contributed by atoms with Gasteiger partial charge < -0.3 is 15.0 Å². The van der Waals surface area contributed by atoms with Gasteiger partial charge in [-0.3, -0.25) is 4.79 Å². The molecular weight excluding hydrogens is 270 g/mol.